The van der Waals surface area contributed by atoms with Crippen molar-refractivity contribution in [2.24, 2.45) is 0 Å². The molecule has 6 rings (SSSR count). The Hall–Kier alpha value is -5.29. The highest BCUT2D eigenvalue weighted by molar-refractivity contribution is 5.87. The van der Waals surface area contributed by atoms with Crippen LogP contribution in [0.25, 0.3) is 10.9 Å². The van der Waals surface area contributed by atoms with E-state index in [9.17, 15) is 4.79 Å². The van der Waals surface area contributed by atoms with Gasteiger partial charge in [-0.05, 0) is 52.9 Å². The average molecular weight is 595 g/mol. The monoisotopic (exact) mass is 594 g/mol. The Kier molecular flexibility index (Phi) is 9.26. The number of nitrogens with one attached hydrogen (secondary N) is 1. The summed E-state index contributed by atoms with van der Waals surface area (Å²) in [4.78, 5) is 13.5. The number of hydrogen-bond donors (Lipinski definition) is 1. The molecule has 0 unspecified atom stereocenters. The van der Waals surface area contributed by atoms with E-state index >= 15 is 0 Å². The largest absolute Gasteiger partial charge is 0.493 e. The van der Waals surface area contributed by atoms with Crippen LogP contribution < -0.4 is 14.8 Å². The Morgan fingerprint density at radius 1 is 0.756 bits per heavy atom. The zero-order valence-corrected chi connectivity index (χ0v) is 25.8. The SMILES string of the molecule is COc1cc([C@@H](CC(=O)NCc2ccccc2)c2cn(Cc3ccc(C)cc3)c3ccccc23)ccc1OCc1ccccc1. The molecule has 5 nitrogen and oxygen atoms in total. The van der Waals surface area contributed by atoms with Gasteiger partial charge in [0.2, 0.25) is 5.91 Å². The van der Waals surface area contributed by atoms with Crippen LogP contribution in [0.4, 0.5) is 0 Å². The number of carbonyl (C=O) groups is 1. The summed E-state index contributed by atoms with van der Waals surface area (Å²) in [5.41, 5.74) is 7.85. The van der Waals surface area contributed by atoms with Crippen molar-refractivity contribution < 1.29 is 14.3 Å². The van der Waals surface area contributed by atoms with E-state index in [-0.39, 0.29) is 11.8 Å². The van der Waals surface area contributed by atoms with E-state index in [1.54, 1.807) is 7.11 Å². The summed E-state index contributed by atoms with van der Waals surface area (Å²) in [5, 5.41) is 4.28. The van der Waals surface area contributed by atoms with Crippen molar-refractivity contribution >= 4 is 16.8 Å². The summed E-state index contributed by atoms with van der Waals surface area (Å²) in [6, 6.07) is 43.2. The standard InChI is InChI=1S/C40H38N2O3/c1-29-17-19-31(20-18-29)26-42-27-36(34-15-9-10-16-37(34)42)35(24-40(43)41-25-30-11-5-3-6-12-30)33-21-22-38(39(23-33)44-2)45-28-32-13-7-4-8-14-32/h3-23,27,35H,24-26,28H2,1-2H3,(H,41,43)/t35-/m1/s1. The molecule has 5 aromatic carbocycles. The maximum absolute atomic E-state index is 13.5. The fourth-order valence-corrected chi connectivity index (χ4v) is 5.79. The second kappa shape index (κ2) is 14.0. The van der Waals surface area contributed by atoms with Crippen molar-refractivity contribution in [3.63, 3.8) is 0 Å². The molecule has 1 N–H and O–H groups in total. The summed E-state index contributed by atoms with van der Waals surface area (Å²) in [7, 11) is 1.66. The fraction of sp³-hybridized carbons (Fsp3) is 0.175. The van der Waals surface area contributed by atoms with Gasteiger partial charge in [0, 0.05) is 42.5 Å². The van der Waals surface area contributed by atoms with E-state index in [1.807, 2.05) is 72.8 Å². The molecule has 0 saturated heterocycles. The highest BCUT2D eigenvalue weighted by Crippen LogP contribution is 2.39. The lowest BCUT2D eigenvalue weighted by Gasteiger charge is -2.20. The topological polar surface area (TPSA) is 52.5 Å². The van der Waals surface area contributed by atoms with Crippen molar-refractivity contribution in [1.29, 1.82) is 0 Å². The van der Waals surface area contributed by atoms with Crippen molar-refractivity contribution in [2.75, 3.05) is 7.11 Å². The lowest BCUT2D eigenvalue weighted by atomic mass is 9.87. The quantitative estimate of drug-likeness (QED) is 0.155. The Morgan fingerprint density at radius 2 is 1.44 bits per heavy atom. The predicted octanol–water partition coefficient (Wildman–Crippen LogP) is 8.42. The van der Waals surface area contributed by atoms with E-state index in [0.29, 0.717) is 31.1 Å². The van der Waals surface area contributed by atoms with Crippen LogP contribution in [0, 0.1) is 6.92 Å². The van der Waals surface area contributed by atoms with Crippen LogP contribution in [0.5, 0.6) is 11.5 Å². The number of para-hydroxylation sites is 1. The molecule has 0 radical (unpaired) electrons. The van der Waals surface area contributed by atoms with Crippen LogP contribution in [-0.2, 0) is 24.5 Å². The second-order valence-corrected chi connectivity index (χ2v) is 11.4. The smallest absolute Gasteiger partial charge is 0.221 e. The zero-order valence-electron chi connectivity index (χ0n) is 25.8. The van der Waals surface area contributed by atoms with Gasteiger partial charge in [0.1, 0.15) is 6.61 Å². The van der Waals surface area contributed by atoms with Gasteiger partial charge in [-0.3, -0.25) is 4.79 Å². The van der Waals surface area contributed by atoms with Crippen LogP contribution in [-0.4, -0.2) is 17.6 Å². The Bertz CT molecular complexity index is 1860. The van der Waals surface area contributed by atoms with Crippen LogP contribution >= 0.6 is 0 Å². The molecule has 0 aliphatic carbocycles. The van der Waals surface area contributed by atoms with Crippen LogP contribution in [0.3, 0.4) is 0 Å². The number of aryl methyl sites for hydroxylation is 1. The fourth-order valence-electron chi connectivity index (χ4n) is 5.79. The van der Waals surface area contributed by atoms with Crippen molar-refractivity contribution in [2.45, 2.75) is 39.0 Å². The molecular weight excluding hydrogens is 556 g/mol. The Labute approximate surface area is 265 Å². The summed E-state index contributed by atoms with van der Waals surface area (Å²) in [6.07, 6.45) is 2.50. The zero-order chi connectivity index (χ0) is 31.0. The van der Waals surface area contributed by atoms with E-state index < -0.39 is 0 Å². The molecule has 1 heterocycles. The minimum absolute atomic E-state index is 0.0115. The highest BCUT2D eigenvalue weighted by Gasteiger charge is 2.24. The third-order valence-corrected chi connectivity index (χ3v) is 8.22. The van der Waals surface area contributed by atoms with Gasteiger partial charge in [-0.15, -0.1) is 0 Å². The molecule has 226 valence electrons. The summed E-state index contributed by atoms with van der Waals surface area (Å²) < 4.78 is 14.3. The van der Waals surface area contributed by atoms with Gasteiger partial charge in [-0.2, -0.15) is 0 Å². The first-order valence-electron chi connectivity index (χ1n) is 15.4. The predicted molar refractivity (Wildman–Crippen MR) is 181 cm³/mol. The Morgan fingerprint density at radius 3 is 2.18 bits per heavy atom. The molecule has 1 amide bonds. The van der Waals surface area contributed by atoms with Gasteiger partial charge in [0.15, 0.2) is 11.5 Å². The number of carbonyl (C=O) groups excluding carboxylic acids is 1. The summed E-state index contributed by atoms with van der Waals surface area (Å²) in [5.74, 6) is 1.09. The minimum Gasteiger partial charge on any atom is -0.493 e. The number of ether oxygens (including phenoxy) is 2. The molecule has 1 aromatic heterocycles. The average Bonchev–Trinajstić information content (AvgIpc) is 3.45. The molecule has 0 aliphatic heterocycles. The highest BCUT2D eigenvalue weighted by atomic mass is 16.5. The third kappa shape index (κ3) is 7.27. The number of amides is 1. The number of rotatable bonds is 12. The second-order valence-electron chi connectivity index (χ2n) is 11.4. The molecular formula is C40H38N2O3. The number of aromatic nitrogens is 1. The van der Waals surface area contributed by atoms with E-state index in [0.717, 1.165) is 39.7 Å². The van der Waals surface area contributed by atoms with Gasteiger partial charge < -0.3 is 19.4 Å². The summed E-state index contributed by atoms with van der Waals surface area (Å²) in [6.45, 7) is 3.77. The third-order valence-electron chi connectivity index (χ3n) is 8.22. The van der Waals surface area contributed by atoms with Gasteiger partial charge in [0.05, 0.1) is 7.11 Å². The van der Waals surface area contributed by atoms with E-state index in [1.165, 1.54) is 11.1 Å². The number of fused-ring (bicyclic) bond motifs is 1. The molecule has 0 spiro atoms. The van der Waals surface area contributed by atoms with Gasteiger partial charge in [0.25, 0.3) is 0 Å². The van der Waals surface area contributed by atoms with Crippen LogP contribution in [0.2, 0.25) is 0 Å². The molecule has 0 fully saturated rings. The summed E-state index contributed by atoms with van der Waals surface area (Å²) >= 11 is 0. The van der Waals surface area contributed by atoms with Gasteiger partial charge >= 0.3 is 0 Å². The number of hydrogen-bond acceptors (Lipinski definition) is 3. The first-order valence-corrected chi connectivity index (χ1v) is 15.4. The minimum atomic E-state index is -0.206. The van der Waals surface area contributed by atoms with E-state index in [4.69, 9.17) is 9.47 Å². The lowest BCUT2D eigenvalue weighted by molar-refractivity contribution is -0.121. The van der Waals surface area contributed by atoms with Crippen molar-refractivity contribution in [3.05, 3.63) is 167 Å². The first kappa shape index (κ1) is 29.8. The van der Waals surface area contributed by atoms with E-state index in [2.05, 4.69) is 77.6 Å². The first-order chi connectivity index (χ1) is 22.1. The van der Waals surface area contributed by atoms with Crippen LogP contribution in [0.1, 0.15) is 45.7 Å². The molecule has 5 heteroatoms. The van der Waals surface area contributed by atoms with Crippen molar-refractivity contribution in [3.8, 4) is 11.5 Å². The lowest BCUT2D eigenvalue weighted by Crippen LogP contribution is -2.25. The molecule has 1 atom stereocenters. The Balaban J connectivity index is 1.35. The number of methoxy groups -OCH3 is 1. The molecule has 0 saturated carbocycles. The number of benzene rings is 5. The molecule has 0 aliphatic rings. The normalized spacial score (nSPS) is 11.7. The molecule has 6 aromatic rings. The number of nitrogens with zero attached hydrogens (tertiary/aromatic N) is 1. The maximum Gasteiger partial charge on any atom is 0.221 e. The molecule has 0 bridgehead atoms. The van der Waals surface area contributed by atoms with Crippen molar-refractivity contribution in [1.82, 2.24) is 9.88 Å². The van der Waals surface area contributed by atoms with Gasteiger partial charge in [-0.25, -0.2) is 0 Å². The van der Waals surface area contributed by atoms with Gasteiger partial charge in [-0.1, -0.05) is 115 Å². The molecule has 45 heavy (non-hydrogen) atoms. The van der Waals surface area contributed by atoms with Crippen LogP contribution in [0.15, 0.2) is 134 Å². The maximum atomic E-state index is 13.5.